The molecule has 0 bridgehead atoms. The van der Waals surface area contributed by atoms with E-state index in [0.29, 0.717) is 75.1 Å². The van der Waals surface area contributed by atoms with Gasteiger partial charge in [0.25, 0.3) is 0 Å². The molecule has 558 valence electrons. The molecule has 0 fully saturated rings. The standard InChI is InChI=1S/C31H34O6.C29H30O6.C28H28O7/c1-6-31(18-35-28(32)25-10-8-7-9-11-25,19-36-29(33)26-14-12-21(2)16-23(26)4)20-37-30(34)27-15-13-22(3)17-24(27)5;1-4-29(18-33-26(30)23-11-7-5-8-12-23,19-34-27(31)24-13-9-6-10-14-24)20-35-28(32)25-16-15-21(2)17-22(25)3;1-3-28(18-33-25(29)21-10-6-4-7-11-21,19-34-26(30)22-12-8-5-9-13-22)20-35-27(31)23-14-16-24(32-2)17-15-23/h7-17H,6,18-20H2,1-5H3;5-17H,4,18-20H2,1-3H3;4-17H,3,18-20H2,1-2H3. The van der Waals surface area contributed by atoms with Crippen LogP contribution in [0.5, 0.6) is 5.75 Å². The normalized spacial score (nSPS) is 10.9. The van der Waals surface area contributed by atoms with Crippen LogP contribution in [0.3, 0.4) is 0 Å². The van der Waals surface area contributed by atoms with Gasteiger partial charge in [0.1, 0.15) is 65.2 Å². The number of carbonyl (C=O) groups excluding carboxylic acids is 9. The molecule has 0 aliphatic heterocycles. The van der Waals surface area contributed by atoms with Gasteiger partial charge in [0, 0.05) is 0 Å². The Morgan fingerprint density at radius 3 is 0.607 bits per heavy atom. The lowest BCUT2D eigenvalue weighted by Crippen LogP contribution is -2.39. The zero-order chi connectivity index (χ0) is 77.4. The maximum absolute atomic E-state index is 12.9. The lowest BCUT2D eigenvalue weighted by atomic mass is 9.87. The molecule has 19 nitrogen and oxygen atoms in total. The molecule has 9 aromatic carbocycles. The highest BCUT2D eigenvalue weighted by Crippen LogP contribution is 2.31. The minimum atomic E-state index is -0.934. The summed E-state index contributed by atoms with van der Waals surface area (Å²) in [5.74, 6) is -3.91. The average molecular weight is 1450 g/mol. The van der Waals surface area contributed by atoms with Crippen molar-refractivity contribution in [2.75, 3.05) is 66.6 Å². The zero-order valence-electron chi connectivity index (χ0n) is 62.2. The highest BCUT2D eigenvalue weighted by molar-refractivity contribution is 5.94. The fraction of sp³-hybridized carbons (Fsp3) is 0.284. The lowest BCUT2D eigenvalue weighted by molar-refractivity contribution is -0.0394. The Morgan fingerprint density at radius 2 is 0.430 bits per heavy atom. The van der Waals surface area contributed by atoms with E-state index in [2.05, 4.69) is 0 Å². The van der Waals surface area contributed by atoms with Crippen molar-refractivity contribution in [3.63, 3.8) is 0 Å². The first-order valence-corrected chi connectivity index (χ1v) is 35.1. The number of carbonyl (C=O) groups is 9. The maximum atomic E-state index is 12.9. The van der Waals surface area contributed by atoms with E-state index in [0.717, 1.165) is 33.4 Å². The van der Waals surface area contributed by atoms with Crippen LogP contribution in [-0.2, 0) is 42.6 Å². The summed E-state index contributed by atoms with van der Waals surface area (Å²) in [4.78, 5) is 114. The minimum Gasteiger partial charge on any atom is -0.497 e. The predicted octanol–water partition coefficient (Wildman–Crippen LogP) is 16.7. The third kappa shape index (κ3) is 25.1. The SMILES string of the molecule is CCC(COC(=O)c1ccccc1)(COC(=O)c1ccc(C)cc1C)COC(=O)c1ccc(C)cc1C.CCC(COC(=O)c1ccccc1)(COC(=O)c1ccccc1)COC(=O)c1ccc(C)cc1C.CCC(COC(=O)c1ccccc1)(COC(=O)c1ccccc1)COC(=O)c1ccc(OC)cc1. The van der Waals surface area contributed by atoms with Gasteiger partial charge >= 0.3 is 53.7 Å². The zero-order valence-corrected chi connectivity index (χ0v) is 62.2. The molecular formula is C88H92O19. The number of hydrogen-bond acceptors (Lipinski definition) is 19. The maximum Gasteiger partial charge on any atom is 0.338 e. The van der Waals surface area contributed by atoms with Crippen molar-refractivity contribution in [1.82, 2.24) is 0 Å². The van der Waals surface area contributed by atoms with Crippen molar-refractivity contribution >= 4 is 53.7 Å². The number of esters is 9. The van der Waals surface area contributed by atoms with Crippen LogP contribution in [0.15, 0.2) is 231 Å². The monoisotopic (exact) mass is 1450 g/mol. The number of methoxy groups -OCH3 is 1. The second-order valence-electron chi connectivity index (χ2n) is 26.3. The van der Waals surface area contributed by atoms with Gasteiger partial charge in [-0.3, -0.25) is 0 Å². The van der Waals surface area contributed by atoms with Crippen molar-refractivity contribution in [3.05, 3.63) is 314 Å². The topological polar surface area (TPSA) is 246 Å². The number of ether oxygens (including phenoxy) is 10. The van der Waals surface area contributed by atoms with Gasteiger partial charge in [-0.1, -0.05) is 165 Å². The van der Waals surface area contributed by atoms with Crippen LogP contribution in [0.4, 0.5) is 0 Å². The molecule has 0 atom stereocenters. The van der Waals surface area contributed by atoms with E-state index in [1.807, 2.05) is 117 Å². The summed E-state index contributed by atoms with van der Waals surface area (Å²) in [5, 5.41) is 0. The summed E-state index contributed by atoms with van der Waals surface area (Å²) in [6, 6.07) is 66.0. The highest BCUT2D eigenvalue weighted by atomic mass is 16.6. The molecule has 9 rings (SSSR count). The molecule has 19 heteroatoms. The number of hydrogen-bond donors (Lipinski definition) is 0. The van der Waals surface area contributed by atoms with Crippen LogP contribution in [0.1, 0.15) is 167 Å². The van der Waals surface area contributed by atoms with Gasteiger partial charge < -0.3 is 47.4 Å². The second-order valence-corrected chi connectivity index (χ2v) is 26.3. The highest BCUT2D eigenvalue weighted by Gasteiger charge is 2.38. The van der Waals surface area contributed by atoms with Crippen LogP contribution in [-0.4, -0.2) is 120 Å². The molecule has 0 aromatic heterocycles. The van der Waals surface area contributed by atoms with E-state index in [1.54, 1.807) is 176 Å². The van der Waals surface area contributed by atoms with E-state index in [4.69, 9.17) is 47.4 Å². The Kier molecular flexibility index (Phi) is 31.5. The summed E-state index contributed by atoms with van der Waals surface area (Å²) in [6.45, 7) is 16.2. The Balaban J connectivity index is 0.000000224. The minimum absolute atomic E-state index is 0.0835. The van der Waals surface area contributed by atoms with Gasteiger partial charge in [-0.15, -0.1) is 0 Å². The molecule has 0 heterocycles. The quantitative estimate of drug-likeness (QED) is 0.0289. The third-order valence-electron chi connectivity index (χ3n) is 18.0. The summed E-state index contributed by atoms with van der Waals surface area (Å²) >= 11 is 0. The van der Waals surface area contributed by atoms with E-state index in [9.17, 15) is 43.2 Å². The number of benzene rings is 9. The first-order valence-electron chi connectivity index (χ1n) is 35.1. The average Bonchev–Trinajstić information content (AvgIpc) is 0.837. The van der Waals surface area contributed by atoms with Gasteiger partial charge in [-0.2, -0.15) is 0 Å². The summed E-state index contributed by atoms with van der Waals surface area (Å²) in [7, 11) is 1.54. The van der Waals surface area contributed by atoms with Crippen LogP contribution < -0.4 is 4.74 Å². The van der Waals surface area contributed by atoms with Gasteiger partial charge in [0.15, 0.2) is 0 Å². The summed E-state index contributed by atoms with van der Waals surface area (Å²) < 4.78 is 55.6. The largest absolute Gasteiger partial charge is 0.497 e. The molecule has 0 spiro atoms. The van der Waals surface area contributed by atoms with Crippen LogP contribution in [0, 0.1) is 57.8 Å². The summed E-state index contributed by atoms with van der Waals surface area (Å²) in [5.41, 5.74) is 6.54. The van der Waals surface area contributed by atoms with Gasteiger partial charge in [0.2, 0.25) is 0 Å². The van der Waals surface area contributed by atoms with Crippen molar-refractivity contribution in [2.45, 2.75) is 81.6 Å². The molecule has 0 saturated heterocycles. The summed E-state index contributed by atoms with van der Waals surface area (Å²) in [6.07, 6.45) is 1.31. The molecule has 107 heavy (non-hydrogen) atoms. The van der Waals surface area contributed by atoms with E-state index in [1.165, 1.54) is 7.11 Å². The van der Waals surface area contributed by atoms with Crippen LogP contribution in [0.2, 0.25) is 0 Å². The number of aryl methyl sites for hydroxylation is 6. The van der Waals surface area contributed by atoms with E-state index in [-0.39, 0.29) is 59.5 Å². The van der Waals surface area contributed by atoms with E-state index >= 15 is 0 Å². The Bertz CT molecular complexity index is 4250. The van der Waals surface area contributed by atoms with Crippen molar-refractivity contribution in [2.24, 2.45) is 16.2 Å². The fourth-order valence-corrected chi connectivity index (χ4v) is 10.7. The molecule has 0 saturated carbocycles. The fourth-order valence-electron chi connectivity index (χ4n) is 10.7. The first kappa shape index (κ1) is 82.3. The van der Waals surface area contributed by atoms with Crippen molar-refractivity contribution in [1.29, 1.82) is 0 Å². The molecule has 0 radical (unpaired) electrons. The van der Waals surface area contributed by atoms with Crippen LogP contribution >= 0.6 is 0 Å². The molecule has 0 amide bonds. The van der Waals surface area contributed by atoms with Crippen molar-refractivity contribution in [3.8, 4) is 5.75 Å². The third-order valence-corrected chi connectivity index (χ3v) is 18.0. The second kappa shape index (κ2) is 40.9. The smallest absolute Gasteiger partial charge is 0.338 e. The van der Waals surface area contributed by atoms with Gasteiger partial charge in [-0.05, 0) is 181 Å². The predicted molar refractivity (Wildman–Crippen MR) is 404 cm³/mol. The van der Waals surface area contributed by atoms with Crippen LogP contribution in [0.25, 0.3) is 0 Å². The molecule has 0 aliphatic rings. The molecule has 0 N–H and O–H groups in total. The Labute approximate surface area is 625 Å². The molecule has 0 aliphatic carbocycles. The van der Waals surface area contributed by atoms with E-state index < -0.39 is 70.0 Å². The Morgan fingerprint density at radius 1 is 0.243 bits per heavy atom. The number of rotatable bonds is 31. The lowest BCUT2D eigenvalue weighted by Gasteiger charge is -2.31. The molecular weight excluding hydrogens is 1360 g/mol. The van der Waals surface area contributed by atoms with Gasteiger partial charge in [-0.25, -0.2) is 43.2 Å². The Hall–Kier alpha value is -12.0. The van der Waals surface area contributed by atoms with Gasteiger partial charge in [0.05, 0.1) is 73.4 Å². The molecule has 0 unspecified atom stereocenters. The molecule has 9 aromatic rings. The first-order chi connectivity index (χ1) is 51.4. The van der Waals surface area contributed by atoms with Crippen molar-refractivity contribution < 1.29 is 90.5 Å².